The summed E-state index contributed by atoms with van der Waals surface area (Å²) in [6.45, 7) is 9.08. The van der Waals surface area contributed by atoms with Crippen LogP contribution in [0.1, 0.15) is 29.6 Å². The molecule has 1 aromatic heterocycles. The fourth-order valence-electron chi connectivity index (χ4n) is 3.23. The van der Waals surface area contributed by atoms with Gasteiger partial charge in [0.2, 0.25) is 5.91 Å². The first-order valence-corrected chi connectivity index (χ1v) is 8.02. The van der Waals surface area contributed by atoms with Crippen molar-refractivity contribution < 1.29 is 9.53 Å². The molecule has 0 spiro atoms. The number of aryl methyl sites for hydroxylation is 2. The van der Waals surface area contributed by atoms with Crippen LogP contribution in [0.5, 0.6) is 0 Å². The van der Waals surface area contributed by atoms with Gasteiger partial charge in [-0.2, -0.15) is 0 Å². The summed E-state index contributed by atoms with van der Waals surface area (Å²) in [6.07, 6.45) is 1.03. The van der Waals surface area contributed by atoms with Gasteiger partial charge in [-0.1, -0.05) is 0 Å². The van der Waals surface area contributed by atoms with Crippen molar-refractivity contribution in [1.29, 1.82) is 0 Å². The highest BCUT2D eigenvalue weighted by Crippen LogP contribution is 2.25. The molecule has 22 heavy (non-hydrogen) atoms. The van der Waals surface area contributed by atoms with E-state index in [4.69, 9.17) is 4.74 Å². The lowest BCUT2D eigenvalue weighted by Crippen LogP contribution is -2.45. The highest BCUT2D eigenvalue weighted by atomic mass is 16.5. The third-order valence-electron chi connectivity index (χ3n) is 4.36. The first-order chi connectivity index (χ1) is 10.6. The topological polar surface area (TPSA) is 58.6 Å². The molecular formula is C16H24N4O2. The number of amides is 1. The van der Waals surface area contributed by atoms with Crippen LogP contribution in [0.25, 0.3) is 0 Å². The van der Waals surface area contributed by atoms with Crippen molar-refractivity contribution in [3.8, 4) is 0 Å². The first kappa shape index (κ1) is 15.4. The first-order valence-electron chi connectivity index (χ1n) is 8.02. The lowest BCUT2D eigenvalue weighted by Gasteiger charge is -2.28. The van der Waals surface area contributed by atoms with Gasteiger partial charge in [-0.3, -0.25) is 9.69 Å². The molecule has 2 aliphatic heterocycles. The van der Waals surface area contributed by atoms with Crippen molar-refractivity contribution in [2.45, 2.75) is 26.2 Å². The maximum atomic E-state index is 12.3. The standard InChI is InChI=1S/C16H24N4O2/c1-12-9-13(2)18-16(17-12)14-3-4-19(10-14)11-15(21)20-5-7-22-8-6-20/h9,14H,3-8,10-11H2,1-2H3/t14-/m0/s1. The Bertz CT molecular complexity index is 523. The molecule has 0 N–H and O–H groups in total. The normalized spacial score (nSPS) is 23.0. The number of carbonyl (C=O) groups excluding carboxylic acids is 1. The number of carbonyl (C=O) groups is 1. The largest absolute Gasteiger partial charge is 0.378 e. The van der Waals surface area contributed by atoms with Gasteiger partial charge in [0.25, 0.3) is 0 Å². The Morgan fingerprint density at radius 2 is 1.91 bits per heavy atom. The number of aromatic nitrogens is 2. The summed E-state index contributed by atoms with van der Waals surface area (Å²) in [4.78, 5) is 25.6. The second-order valence-electron chi connectivity index (χ2n) is 6.22. The molecule has 0 bridgehead atoms. The molecule has 0 saturated carbocycles. The number of rotatable bonds is 3. The Hall–Kier alpha value is -1.53. The third kappa shape index (κ3) is 3.62. The van der Waals surface area contributed by atoms with E-state index >= 15 is 0 Å². The predicted molar refractivity (Wildman–Crippen MR) is 82.7 cm³/mol. The van der Waals surface area contributed by atoms with Crippen LogP contribution in [-0.4, -0.2) is 71.6 Å². The van der Waals surface area contributed by atoms with Crippen LogP contribution in [0.2, 0.25) is 0 Å². The van der Waals surface area contributed by atoms with Gasteiger partial charge >= 0.3 is 0 Å². The summed E-state index contributed by atoms with van der Waals surface area (Å²) >= 11 is 0. The number of morpholine rings is 1. The average Bonchev–Trinajstić information content (AvgIpc) is 2.96. The Morgan fingerprint density at radius 3 is 2.59 bits per heavy atom. The van der Waals surface area contributed by atoms with Crippen LogP contribution in [-0.2, 0) is 9.53 Å². The van der Waals surface area contributed by atoms with Crippen LogP contribution in [0.3, 0.4) is 0 Å². The number of hydrogen-bond donors (Lipinski definition) is 0. The Morgan fingerprint density at radius 1 is 1.23 bits per heavy atom. The number of hydrogen-bond acceptors (Lipinski definition) is 5. The van der Waals surface area contributed by atoms with Crippen molar-refractivity contribution in [2.24, 2.45) is 0 Å². The second-order valence-corrected chi connectivity index (χ2v) is 6.22. The minimum absolute atomic E-state index is 0.213. The van der Waals surface area contributed by atoms with Gasteiger partial charge in [0, 0.05) is 36.9 Å². The summed E-state index contributed by atoms with van der Waals surface area (Å²) in [6, 6.07) is 2.00. The fraction of sp³-hybridized carbons (Fsp3) is 0.688. The highest BCUT2D eigenvalue weighted by molar-refractivity contribution is 5.78. The second kappa shape index (κ2) is 6.71. The smallest absolute Gasteiger partial charge is 0.236 e. The molecule has 0 radical (unpaired) electrons. The minimum Gasteiger partial charge on any atom is -0.378 e. The molecule has 120 valence electrons. The molecule has 2 aliphatic rings. The van der Waals surface area contributed by atoms with Gasteiger partial charge in [-0.25, -0.2) is 9.97 Å². The van der Waals surface area contributed by atoms with E-state index in [9.17, 15) is 4.79 Å². The van der Waals surface area contributed by atoms with E-state index in [1.807, 2.05) is 24.8 Å². The molecule has 0 aliphatic carbocycles. The van der Waals surface area contributed by atoms with Crippen LogP contribution in [0.15, 0.2) is 6.07 Å². The molecule has 1 atom stereocenters. The molecule has 1 amide bonds. The lowest BCUT2D eigenvalue weighted by molar-refractivity contribution is -0.136. The Kier molecular flexibility index (Phi) is 4.69. The number of likely N-dealkylation sites (tertiary alicyclic amines) is 1. The van der Waals surface area contributed by atoms with E-state index in [1.165, 1.54) is 0 Å². The highest BCUT2D eigenvalue weighted by Gasteiger charge is 2.29. The summed E-state index contributed by atoms with van der Waals surface area (Å²) in [7, 11) is 0. The Labute approximate surface area is 131 Å². The summed E-state index contributed by atoms with van der Waals surface area (Å²) in [5.74, 6) is 1.49. The molecule has 2 saturated heterocycles. The van der Waals surface area contributed by atoms with E-state index in [1.54, 1.807) is 0 Å². The zero-order valence-electron chi connectivity index (χ0n) is 13.4. The molecule has 1 aromatic rings. The summed E-state index contributed by atoms with van der Waals surface area (Å²) in [5, 5.41) is 0. The number of ether oxygens (including phenoxy) is 1. The molecule has 3 heterocycles. The number of nitrogens with zero attached hydrogens (tertiary/aromatic N) is 4. The molecule has 6 nitrogen and oxygen atoms in total. The van der Waals surface area contributed by atoms with Crippen molar-refractivity contribution >= 4 is 5.91 Å². The molecule has 3 rings (SSSR count). The molecule has 2 fully saturated rings. The van der Waals surface area contributed by atoms with Gasteiger partial charge in [0.15, 0.2) is 0 Å². The van der Waals surface area contributed by atoms with Gasteiger partial charge in [-0.15, -0.1) is 0 Å². The average molecular weight is 304 g/mol. The molecule has 0 unspecified atom stereocenters. The quantitative estimate of drug-likeness (QED) is 0.824. The minimum atomic E-state index is 0.213. The summed E-state index contributed by atoms with van der Waals surface area (Å²) in [5.41, 5.74) is 2.04. The Balaban J connectivity index is 1.56. The van der Waals surface area contributed by atoms with Crippen molar-refractivity contribution in [3.05, 3.63) is 23.3 Å². The van der Waals surface area contributed by atoms with Crippen LogP contribution < -0.4 is 0 Å². The van der Waals surface area contributed by atoms with E-state index in [0.29, 0.717) is 25.7 Å². The SMILES string of the molecule is Cc1cc(C)nc([C@H]2CCN(CC(=O)N3CCOCC3)C2)n1. The van der Waals surface area contributed by atoms with Crippen molar-refractivity contribution in [1.82, 2.24) is 19.8 Å². The maximum Gasteiger partial charge on any atom is 0.236 e. The summed E-state index contributed by atoms with van der Waals surface area (Å²) < 4.78 is 5.29. The van der Waals surface area contributed by atoms with Crippen LogP contribution >= 0.6 is 0 Å². The monoisotopic (exact) mass is 304 g/mol. The predicted octanol–water partition coefficient (Wildman–Crippen LogP) is 0.742. The molecule has 0 aromatic carbocycles. The van der Waals surface area contributed by atoms with Gasteiger partial charge in [-0.05, 0) is 32.9 Å². The van der Waals surface area contributed by atoms with E-state index in [0.717, 1.165) is 49.8 Å². The lowest BCUT2D eigenvalue weighted by atomic mass is 10.1. The fourth-order valence-corrected chi connectivity index (χ4v) is 3.23. The van der Waals surface area contributed by atoms with E-state index in [2.05, 4.69) is 14.9 Å². The van der Waals surface area contributed by atoms with Crippen molar-refractivity contribution in [2.75, 3.05) is 45.9 Å². The zero-order valence-corrected chi connectivity index (χ0v) is 13.4. The van der Waals surface area contributed by atoms with E-state index in [-0.39, 0.29) is 5.91 Å². The van der Waals surface area contributed by atoms with Crippen molar-refractivity contribution in [3.63, 3.8) is 0 Å². The van der Waals surface area contributed by atoms with Crippen LogP contribution in [0.4, 0.5) is 0 Å². The molecular weight excluding hydrogens is 280 g/mol. The van der Waals surface area contributed by atoms with Crippen LogP contribution in [0, 0.1) is 13.8 Å². The van der Waals surface area contributed by atoms with Gasteiger partial charge in [0.1, 0.15) is 5.82 Å². The third-order valence-corrected chi connectivity index (χ3v) is 4.36. The van der Waals surface area contributed by atoms with E-state index < -0.39 is 0 Å². The maximum absolute atomic E-state index is 12.3. The zero-order chi connectivity index (χ0) is 15.5. The molecule has 6 heteroatoms. The van der Waals surface area contributed by atoms with Gasteiger partial charge < -0.3 is 9.64 Å². The van der Waals surface area contributed by atoms with Gasteiger partial charge in [0.05, 0.1) is 19.8 Å².